The summed E-state index contributed by atoms with van der Waals surface area (Å²) in [5.74, 6) is -0.561. The number of rotatable bonds is 3. The molecular formula is C11H6ClFN2O2. The smallest absolute Gasteiger partial charge is 0.321 e. The van der Waals surface area contributed by atoms with Gasteiger partial charge in [0.2, 0.25) is 0 Å². The Bertz CT molecular complexity index is 548. The van der Waals surface area contributed by atoms with Crippen LogP contribution in [-0.2, 0) is 0 Å². The van der Waals surface area contributed by atoms with E-state index in [0.717, 1.165) is 6.07 Å². The van der Waals surface area contributed by atoms with E-state index in [1.807, 2.05) is 0 Å². The fraction of sp³-hybridized carbons (Fsp3) is 0. The minimum Gasteiger partial charge on any atom is -0.424 e. The molecule has 0 bridgehead atoms. The number of hydrogen-bond acceptors (Lipinski definition) is 4. The van der Waals surface area contributed by atoms with E-state index in [1.54, 1.807) is 6.07 Å². The molecule has 2 aromatic rings. The van der Waals surface area contributed by atoms with Gasteiger partial charge >= 0.3 is 6.01 Å². The first-order valence-corrected chi connectivity index (χ1v) is 4.99. The third-order valence-corrected chi connectivity index (χ3v) is 2.11. The van der Waals surface area contributed by atoms with E-state index in [4.69, 9.17) is 16.3 Å². The molecule has 1 aromatic heterocycles. The summed E-state index contributed by atoms with van der Waals surface area (Å²) in [7, 11) is 0. The quantitative estimate of drug-likeness (QED) is 0.788. The maximum absolute atomic E-state index is 13.4. The van der Waals surface area contributed by atoms with Gasteiger partial charge in [0.05, 0.1) is 5.56 Å². The highest BCUT2D eigenvalue weighted by Gasteiger charge is 2.10. The van der Waals surface area contributed by atoms with E-state index in [9.17, 15) is 9.18 Å². The van der Waals surface area contributed by atoms with E-state index in [2.05, 4.69) is 9.97 Å². The van der Waals surface area contributed by atoms with Gasteiger partial charge in [-0.2, -0.15) is 0 Å². The Labute approximate surface area is 101 Å². The van der Waals surface area contributed by atoms with Crippen molar-refractivity contribution < 1.29 is 13.9 Å². The Hall–Kier alpha value is -2.01. The lowest BCUT2D eigenvalue weighted by Gasteiger charge is -2.04. The largest absolute Gasteiger partial charge is 0.424 e. The van der Waals surface area contributed by atoms with E-state index in [0.29, 0.717) is 0 Å². The third kappa shape index (κ3) is 2.76. The molecule has 0 N–H and O–H groups in total. The van der Waals surface area contributed by atoms with Gasteiger partial charge in [0.1, 0.15) is 11.6 Å². The number of halogens is 2. The molecule has 0 fully saturated rings. The maximum atomic E-state index is 13.4. The normalized spacial score (nSPS) is 10.0. The topological polar surface area (TPSA) is 52.1 Å². The van der Waals surface area contributed by atoms with Crippen molar-refractivity contribution in [1.82, 2.24) is 9.97 Å². The second kappa shape index (κ2) is 4.88. The number of nitrogens with zero attached hydrogens (tertiary/aromatic N) is 2. The van der Waals surface area contributed by atoms with Crippen LogP contribution in [0.15, 0.2) is 36.7 Å². The summed E-state index contributed by atoms with van der Waals surface area (Å²) in [6, 6.07) is 5.42. The van der Waals surface area contributed by atoms with Crippen LogP contribution in [0.5, 0.6) is 11.8 Å². The van der Waals surface area contributed by atoms with Gasteiger partial charge in [-0.3, -0.25) is 4.79 Å². The highest BCUT2D eigenvalue weighted by atomic mass is 35.5. The van der Waals surface area contributed by atoms with Crippen molar-refractivity contribution in [2.45, 2.75) is 0 Å². The van der Waals surface area contributed by atoms with Gasteiger partial charge in [-0.1, -0.05) is 0 Å². The fourth-order valence-corrected chi connectivity index (χ4v) is 1.32. The molecule has 0 amide bonds. The summed E-state index contributed by atoms with van der Waals surface area (Å²) in [6.45, 7) is 0. The van der Waals surface area contributed by atoms with Crippen LogP contribution >= 0.6 is 11.6 Å². The lowest BCUT2D eigenvalue weighted by molar-refractivity contribution is 0.107. The molecule has 0 saturated carbocycles. The van der Waals surface area contributed by atoms with Gasteiger partial charge in [0.25, 0.3) is 5.24 Å². The molecular weight excluding hydrogens is 247 g/mol. The van der Waals surface area contributed by atoms with Crippen molar-refractivity contribution in [1.29, 1.82) is 0 Å². The summed E-state index contributed by atoms with van der Waals surface area (Å²) >= 11 is 5.18. The fourth-order valence-electron chi connectivity index (χ4n) is 1.16. The van der Waals surface area contributed by atoms with Crippen LogP contribution < -0.4 is 4.74 Å². The first kappa shape index (κ1) is 11.5. The van der Waals surface area contributed by atoms with Gasteiger partial charge in [0, 0.05) is 18.5 Å². The third-order valence-electron chi connectivity index (χ3n) is 1.90. The monoisotopic (exact) mass is 252 g/mol. The summed E-state index contributed by atoms with van der Waals surface area (Å²) in [4.78, 5) is 18.4. The van der Waals surface area contributed by atoms with Crippen molar-refractivity contribution in [2.75, 3.05) is 0 Å². The number of aromatic nitrogens is 2. The van der Waals surface area contributed by atoms with Crippen molar-refractivity contribution in [3.8, 4) is 11.8 Å². The Balaban J connectivity index is 2.24. The minimum absolute atomic E-state index is 0.0943. The second-order valence-electron chi connectivity index (χ2n) is 3.05. The van der Waals surface area contributed by atoms with Gasteiger partial charge in [-0.25, -0.2) is 14.4 Å². The highest BCUT2D eigenvalue weighted by molar-refractivity contribution is 6.67. The number of carbonyl (C=O) groups is 1. The zero-order valence-electron chi connectivity index (χ0n) is 8.43. The Morgan fingerprint density at radius 3 is 2.59 bits per heavy atom. The van der Waals surface area contributed by atoms with E-state index < -0.39 is 11.1 Å². The molecule has 0 aliphatic rings. The van der Waals surface area contributed by atoms with Crippen molar-refractivity contribution in [3.05, 3.63) is 48.0 Å². The molecule has 0 aliphatic carbocycles. The zero-order chi connectivity index (χ0) is 12.3. The molecule has 1 heterocycles. The molecule has 6 heteroatoms. The predicted octanol–water partition coefficient (Wildman–Crippen LogP) is 2.79. The van der Waals surface area contributed by atoms with Crippen LogP contribution in [0.1, 0.15) is 10.4 Å². The molecule has 0 radical (unpaired) electrons. The first-order valence-electron chi connectivity index (χ1n) is 4.61. The van der Waals surface area contributed by atoms with Crippen LogP contribution in [0.2, 0.25) is 0 Å². The number of hydrogen-bond donors (Lipinski definition) is 0. The van der Waals surface area contributed by atoms with Gasteiger partial charge in [-0.05, 0) is 29.8 Å². The first-order chi connectivity index (χ1) is 8.16. The van der Waals surface area contributed by atoms with Gasteiger partial charge < -0.3 is 4.74 Å². The molecule has 4 nitrogen and oxygen atoms in total. The Morgan fingerprint density at radius 2 is 2.00 bits per heavy atom. The van der Waals surface area contributed by atoms with Crippen molar-refractivity contribution in [2.24, 2.45) is 0 Å². The minimum atomic E-state index is -0.856. The molecule has 0 unspecified atom stereocenters. The van der Waals surface area contributed by atoms with E-state index in [1.165, 1.54) is 24.5 Å². The molecule has 1 aromatic carbocycles. The van der Waals surface area contributed by atoms with Crippen LogP contribution in [0.25, 0.3) is 0 Å². The second-order valence-corrected chi connectivity index (χ2v) is 3.39. The lowest BCUT2D eigenvalue weighted by atomic mass is 10.2. The average Bonchev–Trinajstić information content (AvgIpc) is 2.30. The Kier molecular flexibility index (Phi) is 3.30. The van der Waals surface area contributed by atoms with Crippen molar-refractivity contribution >= 4 is 16.8 Å². The number of benzene rings is 1. The maximum Gasteiger partial charge on any atom is 0.321 e. The molecule has 86 valence electrons. The SMILES string of the molecule is O=C(Cl)c1ccc(Oc2ncccn2)cc1F. The van der Waals surface area contributed by atoms with E-state index >= 15 is 0 Å². The number of ether oxygens (including phenoxy) is 1. The average molecular weight is 253 g/mol. The summed E-state index contributed by atoms with van der Waals surface area (Å²) < 4.78 is 18.6. The molecule has 2 rings (SSSR count). The molecule has 0 spiro atoms. The van der Waals surface area contributed by atoms with Crippen LogP contribution in [-0.4, -0.2) is 15.2 Å². The van der Waals surface area contributed by atoms with Gasteiger partial charge in [0.15, 0.2) is 0 Å². The molecule has 0 aliphatic heterocycles. The van der Waals surface area contributed by atoms with Crippen LogP contribution in [0, 0.1) is 5.82 Å². The molecule has 0 saturated heterocycles. The highest BCUT2D eigenvalue weighted by Crippen LogP contribution is 2.21. The summed E-state index contributed by atoms with van der Waals surface area (Å²) in [5, 5.41) is -0.856. The van der Waals surface area contributed by atoms with E-state index in [-0.39, 0.29) is 17.3 Å². The van der Waals surface area contributed by atoms with Crippen molar-refractivity contribution in [3.63, 3.8) is 0 Å². The zero-order valence-corrected chi connectivity index (χ0v) is 9.19. The summed E-state index contributed by atoms with van der Waals surface area (Å²) in [6.07, 6.45) is 2.99. The predicted molar refractivity (Wildman–Crippen MR) is 58.7 cm³/mol. The lowest BCUT2D eigenvalue weighted by Crippen LogP contribution is -1.96. The standard InChI is InChI=1S/C11H6ClFN2O2/c12-10(16)8-3-2-7(6-9(8)13)17-11-14-4-1-5-15-11/h1-6H. The van der Waals surface area contributed by atoms with Crippen LogP contribution in [0.4, 0.5) is 4.39 Å². The summed E-state index contributed by atoms with van der Waals surface area (Å²) in [5.41, 5.74) is -0.201. The Morgan fingerprint density at radius 1 is 1.29 bits per heavy atom. The number of carbonyl (C=O) groups excluding carboxylic acids is 1. The molecule has 0 atom stereocenters. The molecule has 17 heavy (non-hydrogen) atoms. The van der Waals surface area contributed by atoms with Gasteiger partial charge in [-0.15, -0.1) is 0 Å². The van der Waals surface area contributed by atoms with Crippen LogP contribution in [0.3, 0.4) is 0 Å².